The fourth-order valence-electron chi connectivity index (χ4n) is 1.28. The van der Waals surface area contributed by atoms with E-state index < -0.39 is 35.1 Å². The minimum Gasteiger partial charge on any atom is -0.468 e. The number of carbonyl (C=O) groups excluding carboxylic acids is 2. The fraction of sp³-hybridized carbons (Fsp3) is 0.400. The fourth-order valence-corrected chi connectivity index (χ4v) is 6.37. The molecule has 118 valence electrons. The van der Waals surface area contributed by atoms with E-state index in [1.807, 2.05) is 0 Å². The van der Waals surface area contributed by atoms with Crippen LogP contribution in [0.4, 0.5) is 0 Å². The van der Waals surface area contributed by atoms with Crippen molar-refractivity contribution < 1.29 is 27.5 Å². The Balaban J connectivity index is 3.19. The third kappa shape index (κ3) is 4.74. The van der Waals surface area contributed by atoms with Crippen molar-refractivity contribution >= 4 is 65.2 Å². The lowest BCUT2D eigenvalue weighted by atomic mass is 10.6. The Morgan fingerprint density at radius 3 is 2.00 bits per heavy atom. The second-order valence-electron chi connectivity index (χ2n) is 3.61. The van der Waals surface area contributed by atoms with Crippen LogP contribution in [-0.2, 0) is 29.1 Å². The number of methoxy groups -OCH3 is 2. The number of thiophene rings is 1. The van der Waals surface area contributed by atoms with Crippen LogP contribution < -0.4 is 0 Å². The van der Waals surface area contributed by atoms with Gasteiger partial charge in [-0.05, 0) is 37.9 Å². The lowest BCUT2D eigenvalue weighted by Crippen LogP contribution is -2.40. The smallest absolute Gasteiger partial charge is 0.321 e. The highest BCUT2D eigenvalue weighted by Crippen LogP contribution is 2.36. The summed E-state index contributed by atoms with van der Waals surface area (Å²) >= 11 is 7.47. The molecule has 0 radical (unpaired) electrons. The summed E-state index contributed by atoms with van der Waals surface area (Å²) in [5.41, 5.74) is 0. The van der Waals surface area contributed by atoms with E-state index in [9.17, 15) is 18.0 Å². The molecule has 0 aromatic carbocycles. The van der Waals surface area contributed by atoms with Crippen molar-refractivity contribution in [2.24, 2.45) is 0 Å². The molecule has 0 aliphatic heterocycles. The van der Waals surface area contributed by atoms with Gasteiger partial charge in [-0.25, -0.2) is 8.42 Å². The Bertz CT molecular complexity index is 624. The van der Waals surface area contributed by atoms with E-state index in [1.54, 1.807) is 0 Å². The topological polar surface area (TPSA) is 90.0 Å². The molecule has 1 heterocycles. The zero-order chi connectivity index (χ0) is 16.2. The normalized spacial score (nSPS) is 11.5. The van der Waals surface area contributed by atoms with Crippen LogP contribution in [0.3, 0.4) is 0 Å². The van der Waals surface area contributed by atoms with Gasteiger partial charge in [-0.2, -0.15) is 4.31 Å². The van der Waals surface area contributed by atoms with E-state index in [-0.39, 0.29) is 4.90 Å². The van der Waals surface area contributed by atoms with E-state index in [2.05, 4.69) is 41.3 Å². The van der Waals surface area contributed by atoms with Crippen LogP contribution in [0.5, 0.6) is 0 Å². The summed E-state index contributed by atoms with van der Waals surface area (Å²) in [5, 5.41) is 0. The lowest BCUT2D eigenvalue weighted by molar-refractivity contribution is -0.143. The van der Waals surface area contributed by atoms with Crippen molar-refractivity contribution in [2.45, 2.75) is 4.90 Å². The van der Waals surface area contributed by atoms with Gasteiger partial charge in [-0.1, -0.05) is 0 Å². The molecule has 0 aliphatic rings. The second kappa shape index (κ2) is 7.68. The summed E-state index contributed by atoms with van der Waals surface area (Å²) in [4.78, 5) is 22.7. The van der Waals surface area contributed by atoms with Crippen molar-refractivity contribution in [3.63, 3.8) is 0 Å². The molecule has 0 bridgehead atoms. The summed E-state index contributed by atoms with van der Waals surface area (Å²) in [6.07, 6.45) is 0. The number of sulfonamides is 1. The summed E-state index contributed by atoms with van der Waals surface area (Å²) in [5.74, 6) is -1.57. The first-order chi connectivity index (χ1) is 9.72. The molecular formula is C10H11Br2NO6S2. The Kier molecular flexibility index (Phi) is 6.78. The third-order valence-electron chi connectivity index (χ3n) is 2.31. The molecule has 11 heteroatoms. The second-order valence-corrected chi connectivity index (χ2v) is 9.27. The van der Waals surface area contributed by atoms with Crippen molar-refractivity contribution in [2.75, 3.05) is 27.3 Å². The molecule has 0 saturated heterocycles. The number of rotatable bonds is 6. The monoisotopic (exact) mass is 463 g/mol. The minimum atomic E-state index is -4.06. The van der Waals surface area contributed by atoms with Crippen LogP contribution in [0.15, 0.2) is 18.5 Å². The van der Waals surface area contributed by atoms with Gasteiger partial charge in [-0.3, -0.25) is 9.59 Å². The summed E-state index contributed by atoms with van der Waals surface area (Å²) in [6, 6.07) is 1.38. The Morgan fingerprint density at radius 1 is 1.19 bits per heavy atom. The highest BCUT2D eigenvalue weighted by molar-refractivity contribution is 9.12. The summed E-state index contributed by atoms with van der Waals surface area (Å²) in [7, 11) is -1.80. The number of ether oxygens (including phenoxy) is 2. The van der Waals surface area contributed by atoms with Gasteiger partial charge in [0, 0.05) is 0 Å². The molecule has 0 unspecified atom stereocenters. The largest absolute Gasteiger partial charge is 0.468 e. The molecule has 1 aromatic rings. The number of esters is 2. The predicted octanol–water partition coefficient (Wildman–Crippen LogP) is 1.61. The van der Waals surface area contributed by atoms with Crippen LogP contribution in [0.1, 0.15) is 0 Å². The number of carbonyl (C=O) groups is 2. The van der Waals surface area contributed by atoms with Gasteiger partial charge in [0.2, 0.25) is 10.0 Å². The van der Waals surface area contributed by atoms with E-state index in [4.69, 9.17) is 0 Å². The molecule has 0 amide bonds. The number of hydrogen-bond donors (Lipinski definition) is 0. The molecule has 7 nitrogen and oxygen atoms in total. The average Bonchev–Trinajstić information content (AvgIpc) is 2.77. The van der Waals surface area contributed by atoms with Crippen LogP contribution in [0, 0.1) is 0 Å². The quantitative estimate of drug-likeness (QED) is 0.594. The van der Waals surface area contributed by atoms with Gasteiger partial charge in [0.05, 0.1) is 21.8 Å². The number of nitrogens with zero attached hydrogens (tertiary/aromatic N) is 1. The van der Waals surface area contributed by atoms with Gasteiger partial charge in [0.1, 0.15) is 18.0 Å². The van der Waals surface area contributed by atoms with Crippen molar-refractivity contribution in [3.05, 3.63) is 13.6 Å². The first kappa shape index (κ1) is 18.6. The van der Waals surface area contributed by atoms with E-state index in [0.717, 1.165) is 25.6 Å². The standard InChI is InChI=1S/C10H11Br2NO6S2/c1-18-8(14)4-13(5-9(15)19-2)21(16,17)6-3-7(11)20-10(6)12/h3H,4-5H2,1-2H3. The maximum absolute atomic E-state index is 12.5. The highest BCUT2D eigenvalue weighted by atomic mass is 79.9. The maximum atomic E-state index is 12.5. The molecule has 0 N–H and O–H groups in total. The molecule has 21 heavy (non-hydrogen) atoms. The Hall–Kier alpha value is -0.490. The molecule has 0 atom stereocenters. The summed E-state index contributed by atoms with van der Waals surface area (Å²) in [6.45, 7) is -1.18. The van der Waals surface area contributed by atoms with Gasteiger partial charge < -0.3 is 9.47 Å². The van der Waals surface area contributed by atoms with E-state index in [1.165, 1.54) is 6.07 Å². The van der Waals surface area contributed by atoms with E-state index in [0.29, 0.717) is 11.9 Å². The van der Waals surface area contributed by atoms with Crippen LogP contribution in [0.25, 0.3) is 0 Å². The lowest BCUT2D eigenvalue weighted by Gasteiger charge is -2.19. The van der Waals surface area contributed by atoms with Crippen molar-refractivity contribution in [1.29, 1.82) is 0 Å². The van der Waals surface area contributed by atoms with Gasteiger partial charge in [0.25, 0.3) is 0 Å². The zero-order valence-corrected chi connectivity index (χ0v) is 15.8. The molecule has 0 fully saturated rings. The van der Waals surface area contributed by atoms with Crippen LogP contribution >= 0.6 is 43.2 Å². The predicted molar refractivity (Wildman–Crippen MR) is 82.5 cm³/mol. The Labute approximate surface area is 142 Å². The first-order valence-electron chi connectivity index (χ1n) is 5.31. The molecular weight excluding hydrogens is 454 g/mol. The SMILES string of the molecule is COC(=O)CN(CC(=O)OC)S(=O)(=O)c1cc(Br)sc1Br. The van der Waals surface area contributed by atoms with Crippen LogP contribution in [-0.4, -0.2) is 52.0 Å². The molecule has 0 saturated carbocycles. The molecule has 1 aromatic heterocycles. The van der Waals surface area contributed by atoms with E-state index >= 15 is 0 Å². The molecule has 1 rings (SSSR count). The minimum absolute atomic E-state index is 0.0489. The number of hydrogen-bond acceptors (Lipinski definition) is 7. The van der Waals surface area contributed by atoms with Gasteiger partial charge in [-0.15, -0.1) is 11.3 Å². The highest BCUT2D eigenvalue weighted by Gasteiger charge is 2.32. The first-order valence-corrected chi connectivity index (χ1v) is 9.15. The van der Waals surface area contributed by atoms with Gasteiger partial charge in [0.15, 0.2) is 0 Å². The maximum Gasteiger partial charge on any atom is 0.321 e. The van der Waals surface area contributed by atoms with Crippen molar-refractivity contribution in [1.82, 2.24) is 4.31 Å². The van der Waals surface area contributed by atoms with Gasteiger partial charge >= 0.3 is 11.9 Å². The van der Waals surface area contributed by atoms with Crippen LogP contribution in [0.2, 0.25) is 0 Å². The Morgan fingerprint density at radius 2 is 1.67 bits per heavy atom. The molecule has 0 spiro atoms. The molecule has 0 aliphatic carbocycles. The average molecular weight is 465 g/mol. The zero-order valence-electron chi connectivity index (χ0n) is 11.0. The van der Waals surface area contributed by atoms with Crippen molar-refractivity contribution in [3.8, 4) is 0 Å². The summed E-state index contributed by atoms with van der Waals surface area (Å²) < 4.78 is 35.6. The third-order valence-corrected chi connectivity index (χ3v) is 6.86. The number of halogens is 2.